The van der Waals surface area contributed by atoms with E-state index in [1.54, 1.807) is 25.8 Å². The maximum atomic E-state index is 12.1. The Morgan fingerprint density at radius 1 is 1.29 bits per heavy atom. The maximum absolute atomic E-state index is 12.1. The Bertz CT molecular complexity index is 405. The molecule has 21 heavy (non-hydrogen) atoms. The lowest BCUT2D eigenvalue weighted by atomic mass is 9.88. The first kappa shape index (κ1) is 17.3. The molecule has 0 aromatic heterocycles. The molecule has 1 unspecified atom stereocenters. The van der Waals surface area contributed by atoms with Gasteiger partial charge in [0.05, 0.1) is 5.41 Å². The number of carbonyl (C=O) groups excluding carboxylic acids is 2. The first-order chi connectivity index (χ1) is 9.84. The minimum atomic E-state index is -0.948. The third kappa shape index (κ3) is 4.34. The molecule has 0 aromatic rings. The zero-order chi connectivity index (χ0) is 16.0. The summed E-state index contributed by atoms with van der Waals surface area (Å²) in [5.41, 5.74) is -0.948. The highest BCUT2D eigenvalue weighted by Crippen LogP contribution is 2.21. The van der Waals surface area contributed by atoms with Crippen LogP contribution in [0.4, 0.5) is 4.79 Å². The number of urea groups is 1. The SMILES string of the molecule is CCC(C)(CNC(=O)N1CCC(C(=O)NC)CC1)C(=O)O. The second-order valence-electron chi connectivity index (χ2n) is 5.75. The number of hydrogen-bond donors (Lipinski definition) is 3. The van der Waals surface area contributed by atoms with Gasteiger partial charge in [-0.15, -0.1) is 0 Å². The highest BCUT2D eigenvalue weighted by Gasteiger charge is 2.33. The van der Waals surface area contributed by atoms with E-state index >= 15 is 0 Å². The number of aliphatic carboxylic acids is 1. The van der Waals surface area contributed by atoms with E-state index in [0.717, 1.165) is 0 Å². The summed E-state index contributed by atoms with van der Waals surface area (Å²) in [6.45, 7) is 4.54. The summed E-state index contributed by atoms with van der Waals surface area (Å²) in [6, 6.07) is -0.258. The zero-order valence-corrected chi connectivity index (χ0v) is 12.9. The van der Waals surface area contributed by atoms with Gasteiger partial charge in [-0.1, -0.05) is 6.92 Å². The predicted octanol–water partition coefficient (Wildman–Crippen LogP) is 0.655. The molecule has 1 fully saturated rings. The van der Waals surface area contributed by atoms with Crippen LogP contribution in [0, 0.1) is 11.3 Å². The van der Waals surface area contributed by atoms with Gasteiger partial charge in [-0.05, 0) is 26.2 Å². The number of amides is 3. The molecule has 3 N–H and O–H groups in total. The van der Waals surface area contributed by atoms with Gasteiger partial charge in [-0.3, -0.25) is 9.59 Å². The minimum Gasteiger partial charge on any atom is -0.481 e. The molecule has 120 valence electrons. The molecule has 1 rings (SSSR count). The van der Waals surface area contributed by atoms with Gasteiger partial charge in [0, 0.05) is 32.6 Å². The predicted molar refractivity (Wildman–Crippen MR) is 77.8 cm³/mol. The second-order valence-corrected chi connectivity index (χ2v) is 5.75. The Morgan fingerprint density at radius 2 is 1.86 bits per heavy atom. The first-order valence-corrected chi connectivity index (χ1v) is 7.31. The van der Waals surface area contributed by atoms with E-state index in [1.165, 1.54) is 0 Å². The van der Waals surface area contributed by atoms with Crippen LogP contribution in [0.2, 0.25) is 0 Å². The minimum absolute atomic E-state index is 0.0134. The molecule has 7 heteroatoms. The number of piperidine rings is 1. The summed E-state index contributed by atoms with van der Waals surface area (Å²) in [7, 11) is 1.61. The quantitative estimate of drug-likeness (QED) is 0.694. The Morgan fingerprint density at radius 3 is 2.29 bits per heavy atom. The van der Waals surface area contributed by atoms with E-state index in [-0.39, 0.29) is 24.4 Å². The molecule has 0 aliphatic carbocycles. The van der Waals surface area contributed by atoms with Crippen LogP contribution in [0.5, 0.6) is 0 Å². The standard InChI is InChI=1S/C14H25N3O4/c1-4-14(2,12(19)20)9-16-13(21)17-7-5-10(6-8-17)11(18)15-3/h10H,4-9H2,1-3H3,(H,15,18)(H,16,21)(H,19,20). The van der Waals surface area contributed by atoms with Gasteiger partial charge in [0.1, 0.15) is 0 Å². The van der Waals surface area contributed by atoms with Crippen LogP contribution in [0.1, 0.15) is 33.1 Å². The monoisotopic (exact) mass is 299 g/mol. The largest absolute Gasteiger partial charge is 0.481 e. The summed E-state index contributed by atoms with van der Waals surface area (Å²) in [4.78, 5) is 36.4. The molecular formula is C14H25N3O4. The molecule has 0 bridgehead atoms. The molecule has 1 saturated heterocycles. The summed E-state index contributed by atoms with van der Waals surface area (Å²) < 4.78 is 0. The topological polar surface area (TPSA) is 98.7 Å². The normalized spacial score (nSPS) is 18.7. The molecule has 1 atom stereocenters. The van der Waals surface area contributed by atoms with Gasteiger partial charge in [-0.25, -0.2) is 4.79 Å². The molecule has 1 aliphatic rings. The summed E-state index contributed by atoms with van der Waals surface area (Å²) in [5, 5.41) is 14.5. The molecule has 7 nitrogen and oxygen atoms in total. The Kier molecular flexibility index (Phi) is 5.99. The smallest absolute Gasteiger partial charge is 0.317 e. The Hall–Kier alpha value is -1.79. The van der Waals surface area contributed by atoms with Crippen molar-refractivity contribution in [3.8, 4) is 0 Å². The zero-order valence-electron chi connectivity index (χ0n) is 12.9. The average Bonchev–Trinajstić information content (AvgIpc) is 2.51. The van der Waals surface area contributed by atoms with Gasteiger partial charge in [0.15, 0.2) is 0 Å². The molecular weight excluding hydrogens is 274 g/mol. The number of likely N-dealkylation sites (tertiary alicyclic amines) is 1. The molecule has 0 aromatic carbocycles. The number of carbonyl (C=O) groups is 3. The lowest BCUT2D eigenvalue weighted by molar-refractivity contribution is -0.147. The molecule has 0 spiro atoms. The Labute approximate surface area is 125 Å². The van der Waals surface area contributed by atoms with Crippen LogP contribution in [0.15, 0.2) is 0 Å². The highest BCUT2D eigenvalue weighted by molar-refractivity contribution is 5.80. The third-order valence-corrected chi connectivity index (χ3v) is 4.33. The maximum Gasteiger partial charge on any atom is 0.317 e. The van der Waals surface area contributed by atoms with E-state index < -0.39 is 11.4 Å². The van der Waals surface area contributed by atoms with Gasteiger partial charge < -0.3 is 20.6 Å². The molecule has 1 heterocycles. The fourth-order valence-corrected chi connectivity index (χ4v) is 2.28. The van der Waals surface area contributed by atoms with Gasteiger partial charge in [0.25, 0.3) is 0 Å². The second kappa shape index (κ2) is 7.28. The Balaban J connectivity index is 2.44. The fourth-order valence-electron chi connectivity index (χ4n) is 2.28. The average molecular weight is 299 g/mol. The lowest BCUT2D eigenvalue weighted by Gasteiger charge is -2.32. The van der Waals surface area contributed by atoms with Gasteiger partial charge >= 0.3 is 12.0 Å². The van der Waals surface area contributed by atoms with Crippen molar-refractivity contribution in [1.29, 1.82) is 0 Å². The fraction of sp³-hybridized carbons (Fsp3) is 0.786. The summed E-state index contributed by atoms with van der Waals surface area (Å²) >= 11 is 0. The van der Waals surface area contributed by atoms with Crippen molar-refractivity contribution in [2.24, 2.45) is 11.3 Å². The number of carboxylic acid groups (broad SMARTS) is 1. The number of nitrogens with zero attached hydrogens (tertiary/aromatic N) is 1. The number of nitrogens with one attached hydrogen (secondary N) is 2. The molecule has 1 aliphatic heterocycles. The van der Waals surface area contributed by atoms with Crippen molar-refractivity contribution in [2.45, 2.75) is 33.1 Å². The van der Waals surface area contributed by atoms with Crippen molar-refractivity contribution in [2.75, 3.05) is 26.7 Å². The summed E-state index contributed by atoms with van der Waals surface area (Å²) in [6.07, 6.45) is 1.72. The van der Waals surface area contributed by atoms with Crippen LogP contribution in [-0.2, 0) is 9.59 Å². The molecule has 0 radical (unpaired) electrons. The van der Waals surface area contributed by atoms with E-state index in [2.05, 4.69) is 10.6 Å². The van der Waals surface area contributed by atoms with Crippen molar-refractivity contribution in [1.82, 2.24) is 15.5 Å². The highest BCUT2D eigenvalue weighted by atomic mass is 16.4. The number of carboxylic acids is 1. The molecule has 3 amide bonds. The van der Waals surface area contributed by atoms with Gasteiger partial charge in [-0.2, -0.15) is 0 Å². The third-order valence-electron chi connectivity index (χ3n) is 4.33. The van der Waals surface area contributed by atoms with Crippen LogP contribution < -0.4 is 10.6 Å². The number of rotatable bonds is 5. The van der Waals surface area contributed by atoms with E-state index in [0.29, 0.717) is 32.4 Å². The first-order valence-electron chi connectivity index (χ1n) is 7.31. The van der Waals surface area contributed by atoms with Crippen LogP contribution >= 0.6 is 0 Å². The lowest BCUT2D eigenvalue weighted by Crippen LogP contribution is -2.49. The van der Waals surface area contributed by atoms with Crippen LogP contribution in [0.25, 0.3) is 0 Å². The number of hydrogen-bond acceptors (Lipinski definition) is 3. The van der Waals surface area contributed by atoms with Crippen LogP contribution in [-0.4, -0.2) is 54.6 Å². The summed E-state index contributed by atoms with van der Waals surface area (Å²) in [5.74, 6) is -0.943. The van der Waals surface area contributed by atoms with Gasteiger partial charge in [0.2, 0.25) is 5.91 Å². The van der Waals surface area contributed by atoms with E-state index in [9.17, 15) is 14.4 Å². The van der Waals surface area contributed by atoms with Crippen molar-refractivity contribution < 1.29 is 19.5 Å². The van der Waals surface area contributed by atoms with Crippen LogP contribution in [0.3, 0.4) is 0 Å². The van der Waals surface area contributed by atoms with E-state index in [1.807, 2.05) is 0 Å². The molecule has 0 saturated carbocycles. The van der Waals surface area contributed by atoms with Crippen molar-refractivity contribution in [3.05, 3.63) is 0 Å². The van der Waals surface area contributed by atoms with Crippen molar-refractivity contribution in [3.63, 3.8) is 0 Å². The van der Waals surface area contributed by atoms with E-state index in [4.69, 9.17) is 5.11 Å². The van der Waals surface area contributed by atoms with Crippen molar-refractivity contribution >= 4 is 17.9 Å².